The Morgan fingerprint density at radius 2 is 0.761 bits per heavy atom. The van der Waals surface area contributed by atoms with Gasteiger partial charge in [-0.3, -0.25) is 13.8 Å². The minimum atomic E-state index is -4.35. The Labute approximate surface area is 443 Å². The van der Waals surface area contributed by atoms with Gasteiger partial charge in [0.25, 0.3) is 0 Å². The Morgan fingerprint density at radius 3 is 1.08 bits per heavy atom. The van der Waals surface area contributed by atoms with E-state index in [1.54, 1.807) is 6.08 Å². The van der Waals surface area contributed by atoms with Gasteiger partial charge in [0, 0.05) is 6.42 Å². The Hall–Kier alpha value is -1.02. The van der Waals surface area contributed by atoms with Gasteiger partial charge in [-0.05, 0) is 44.9 Å². The number of carbonyl (C=O) groups is 1. The molecule has 0 saturated heterocycles. The van der Waals surface area contributed by atoms with Crippen LogP contribution in [0, 0.1) is 0 Å². The number of hydrogen-bond donors (Lipinski definition) is 3. The van der Waals surface area contributed by atoms with E-state index in [2.05, 4.69) is 31.3 Å². The number of aliphatic hydroxyl groups excluding tert-OH is 1. The van der Waals surface area contributed by atoms with Gasteiger partial charge >= 0.3 is 7.82 Å². The zero-order chi connectivity index (χ0) is 52.0. The van der Waals surface area contributed by atoms with E-state index in [9.17, 15) is 19.4 Å². The van der Waals surface area contributed by atoms with Crippen LogP contribution in [0.25, 0.3) is 0 Å². The van der Waals surface area contributed by atoms with Crippen LogP contribution in [-0.2, 0) is 18.4 Å². The van der Waals surface area contributed by atoms with Gasteiger partial charge in [0.15, 0.2) is 0 Å². The van der Waals surface area contributed by atoms with Crippen LogP contribution in [0.15, 0.2) is 24.3 Å². The number of amides is 1. The summed E-state index contributed by atoms with van der Waals surface area (Å²) in [6, 6.07) is -0.846. The molecule has 0 fully saturated rings. The molecule has 3 unspecified atom stereocenters. The van der Waals surface area contributed by atoms with E-state index in [4.69, 9.17) is 9.05 Å². The van der Waals surface area contributed by atoms with Gasteiger partial charge in [0.05, 0.1) is 39.9 Å². The fourth-order valence-corrected chi connectivity index (χ4v) is 10.2. The lowest BCUT2D eigenvalue weighted by Gasteiger charge is -2.25. The number of unbranched alkanes of at least 4 members (excludes halogenated alkanes) is 43. The first-order valence-corrected chi connectivity index (χ1v) is 32.7. The number of nitrogens with one attached hydrogen (secondary N) is 1. The van der Waals surface area contributed by atoms with Gasteiger partial charge in [-0.25, -0.2) is 4.57 Å². The van der Waals surface area contributed by atoms with Crippen molar-refractivity contribution in [2.75, 3.05) is 40.9 Å². The average Bonchev–Trinajstić information content (AvgIpc) is 3.33. The third-order valence-corrected chi connectivity index (χ3v) is 15.4. The molecule has 0 aliphatic heterocycles. The minimum Gasteiger partial charge on any atom is -0.387 e. The van der Waals surface area contributed by atoms with Gasteiger partial charge in [-0.1, -0.05) is 289 Å². The largest absolute Gasteiger partial charge is 0.472 e. The van der Waals surface area contributed by atoms with E-state index >= 15 is 0 Å². The molecule has 0 rings (SSSR count). The highest BCUT2D eigenvalue weighted by atomic mass is 31.2. The van der Waals surface area contributed by atoms with Gasteiger partial charge in [-0.2, -0.15) is 0 Å². The lowest BCUT2D eigenvalue weighted by molar-refractivity contribution is -0.870. The summed E-state index contributed by atoms with van der Waals surface area (Å²) in [6.45, 7) is 4.87. The number of quaternary nitrogens is 1. The van der Waals surface area contributed by atoms with Crippen LogP contribution in [0.5, 0.6) is 0 Å². The first kappa shape index (κ1) is 70.0. The van der Waals surface area contributed by atoms with Gasteiger partial charge in [-0.15, -0.1) is 0 Å². The maximum absolute atomic E-state index is 13.0. The predicted molar refractivity (Wildman–Crippen MR) is 309 cm³/mol. The quantitative estimate of drug-likeness (QED) is 0.0243. The van der Waals surface area contributed by atoms with E-state index in [-0.39, 0.29) is 19.1 Å². The van der Waals surface area contributed by atoms with Crippen LogP contribution in [0.1, 0.15) is 316 Å². The van der Waals surface area contributed by atoms with Crippen molar-refractivity contribution < 1.29 is 32.9 Å². The van der Waals surface area contributed by atoms with Crippen molar-refractivity contribution in [1.29, 1.82) is 0 Å². The molecular formula is C62H124N2O6P+. The standard InChI is InChI=1S/C62H123N2O6P/c1-6-8-10-12-14-16-18-20-22-24-26-28-30-31-32-34-36-38-40-42-44-46-48-50-52-54-56-62(66)63-60(59-70-71(67,68)69-58-57-64(3,4)5)61(65)55-53-51-49-47-45-43-41-39-37-35-33-29-27-25-23-21-19-17-15-13-11-9-7-2/h31-32,53,55,60-61,65H,6-30,33-52,54,56-59H2,1-5H3,(H-,63,66,67,68)/p+1/b32-31-,55-53+. The zero-order valence-corrected chi connectivity index (χ0v) is 49.1. The van der Waals surface area contributed by atoms with Gasteiger partial charge in [0.1, 0.15) is 13.2 Å². The van der Waals surface area contributed by atoms with Gasteiger partial charge in [0.2, 0.25) is 5.91 Å². The molecule has 0 aliphatic carbocycles. The second kappa shape index (κ2) is 53.8. The van der Waals surface area contributed by atoms with E-state index in [0.29, 0.717) is 17.4 Å². The highest BCUT2D eigenvalue weighted by molar-refractivity contribution is 7.47. The zero-order valence-electron chi connectivity index (χ0n) is 48.2. The summed E-state index contributed by atoms with van der Waals surface area (Å²) in [4.78, 5) is 23.3. The van der Waals surface area contributed by atoms with Crippen molar-refractivity contribution in [3.63, 3.8) is 0 Å². The van der Waals surface area contributed by atoms with Crippen molar-refractivity contribution in [3.8, 4) is 0 Å². The Morgan fingerprint density at radius 1 is 0.465 bits per heavy atom. The summed E-state index contributed by atoms with van der Waals surface area (Å²) in [5, 5.41) is 14.0. The molecule has 0 aliphatic rings. The van der Waals surface area contributed by atoms with E-state index in [1.165, 1.54) is 263 Å². The second-order valence-electron chi connectivity index (χ2n) is 22.8. The molecule has 0 spiro atoms. The molecule has 0 aromatic heterocycles. The number of nitrogens with zero attached hydrogens (tertiary/aromatic N) is 1. The first-order chi connectivity index (χ1) is 34.5. The first-order valence-electron chi connectivity index (χ1n) is 31.2. The summed E-state index contributed by atoms with van der Waals surface area (Å²) in [7, 11) is 1.59. The molecule has 71 heavy (non-hydrogen) atoms. The molecule has 0 heterocycles. The monoisotopic (exact) mass is 1020 g/mol. The fourth-order valence-electron chi connectivity index (χ4n) is 9.51. The maximum atomic E-state index is 13.0. The molecule has 0 radical (unpaired) electrons. The summed E-state index contributed by atoms with van der Waals surface area (Å²) in [5.41, 5.74) is 0. The van der Waals surface area contributed by atoms with Crippen LogP contribution in [0.2, 0.25) is 0 Å². The summed E-state index contributed by atoms with van der Waals surface area (Å²) < 4.78 is 23.8. The molecule has 0 saturated carbocycles. The normalized spacial score (nSPS) is 14.0. The number of aliphatic hydroxyl groups is 1. The van der Waals surface area contributed by atoms with Crippen molar-refractivity contribution >= 4 is 13.7 Å². The van der Waals surface area contributed by atoms with Crippen LogP contribution >= 0.6 is 7.82 Å². The minimum absolute atomic E-state index is 0.0632. The van der Waals surface area contributed by atoms with Crippen LogP contribution in [0.4, 0.5) is 0 Å². The molecule has 0 aromatic carbocycles. The molecular weight excluding hydrogens is 900 g/mol. The molecule has 0 bridgehead atoms. The molecule has 3 atom stereocenters. The number of carbonyl (C=O) groups excluding carboxylic acids is 1. The maximum Gasteiger partial charge on any atom is 0.472 e. The van der Waals surface area contributed by atoms with Crippen LogP contribution < -0.4 is 5.32 Å². The van der Waals surface area contributed by atoms with Crippen molar-refractivity contribution in [2.24, 2.45) is 0 Å². The van der Waals surface area contributed by atoms with E-state index < -0.39 is 20.0 Å². The lowest BCUT2D eigenvalue weighted by atomic mass is 10.0. The highest BCUT2D eigenvalue weighted by Gasteiger charge is 2.27. The van der Waals surface area contributed by atoms with Crippen LogP contribution in [-0.4, -0.2) is 73.4 Å². The van der Waals surface area contributed by atoms with Crippen molar-refractivity contribution in [1.82, 2.24) is 5.32 Å². The summed E-state index contributed by atoms with van der Waals surface area (Å²) >= 11 is 0. The molecule has 3 N–H and O–H groups in total. The Balaban J connectivity index is 4.14. The average molecular weight is 1020 g/mol. The third-order valence-electron chi connectivity index (χ3n) is 14.4. The number of phosphoric acid groups is 1. The topological polar surface area (TPSA) is 105 Å². The lowest BCUT2D eigenvalue weighted by Crippen LogP contribution is -2.45. The number of likely N-dealkylation sites (N-methyl/N-ethyl adjacent to an activating group) is 1. The smallest absolute Gasteiger partial charge is 0.387 e. The molecule has 0 aromatic rings. The second-order valence-corrected chi connectivity index (χ2v) is 24.2. The summed E-state index contributed by atoms with van der Waals surface area (Å²) in [6.07, 6.45) is 68.6. The van der Waals surface area contributed by atoms with Gasteiger partial charge < -0.3 is 19.8 Å². The SMILES string of the molecule is CCCCCCCCCCCCCC/C=C\CCCCCCCCCCCCC(=O)NC(COP(=O)(O)OCC[N+](C)(C)C)C(O)/C=C/CCCCCCCCCCCCCCCCCCCCCCC. The number of allylic oxidation sites excluding steroid dienone is 3. The van der Waals surface area contributed by atoms with E-state index in [0.717, 1.165) is 32.1 Å². The number of phosphoric ester groups is 1. The Kier molecular flexibility index (Phi) is 53.0. The molecule has 8 nitrogen and oxygen atoms in total. The van der Waals surface area contributed by atoms with Crippen molar-refractivity contribution in [2.45, 2.75) is 328 Å². The highest BCUT2D eigenvalue weighted by Crippen LogP contribution is 2.43. The predicted octanol–water partition coefficient (Wildman–Crippen LogP) is 19.2. The third kappa shape index (κ3) is 56.5. The summed E-state index contributed by atoms with van der Waals surface area (Å²) in [5.74, 6) is -0.173. The Bertz CT molecular complexity index is 1210. The molecule has 1 amide bonds. The molecule has 422 valence electrons. The number of hydrogen-bond acceptors (Lipinski definition) is 5. The van der Waals surface area contributed by atoms with Crippen LogP contribution in [0.3, 0.4) is 0 Å². The van der Waals surface area contributed by atoms with Crippen molar-refractivity contribution in [3.05, 3.63) is 24.3 Å². The van der Waals surface area contributed by atoms with E-state index in [1.807, 2.05) is 27.2 Å². The fraction of sp³-hybridized carbons (Fsp3) is 0.919. The number of rotatable bonds is 58. The molecule has 9 heteroatoms.